The zero-order valence-corrected chi connectivity index (χ0v) is 13.2. The van der Waals surface area contributed by atoms with E-state index >= 15 is 0 Å². The van der Waals surface area contributed by atoms with E-state index in [-0.39, 0.29) is 16.4 Å². The second-order valence-corrected chi connectivity index (χ2v) is 7.14. The molecule has 0 spiro atoms. The number of pyridine rings is 1. The molecule has 1 atom stereocenters. The number of phenols is 1. The van der Waals surface area contributed by atoms with Crippen LogP contribution in [0.4, 0.5) is 0 Å². The molecular formula is C16H12ClNO3S. The fourth-order valence-electron chi connectivity index (χ4n) is 2.26. The molecule has 3 rings (SSSR count). The van der Waals surface area contributed by atoms with Crippen LogP contribution in [0.5, 0.6) is 11.5 Å². The number of aromatic hydroxyl groups is 1. The van der Waals surface area contributed by atoms with Crippen LogP contribution in [0, 0.1) is 0 Å². The highest BCUT2D eigenvalue weighted by Crippen LogP contribution is 2.31. The van der Waals surface area contributed by atoms with Crippen molar-refractivity contribution in [2.24, 2.45) is 0 Å². The maximum absolute atomic E-state index is 12.7. The summed E-state index contributed by atoms with van der Waals surface area (Å²) in [7, 11) is -0.701. The number of hydrogen-bond acceptors (Lipinski definition) is 3. The normalized spacial score (nSPS) is 12.5. The molecule has 0 bridgehead atoms. The second kappa shape index (κ2) is 5.59. The standard InChI is InChI=1S/C16H12ClNO3S/c1-22(11-5-3-10(19)4-6-11)15-14(20)12-8-9(17)2-7-13(12)18-16(15)21/h2-8H,1H3,(H2-,18,19,20,21). The molecule has 3 aromatic rings. The molecular weight excluding hydrogens is 322 g/mol. The van der Waals surface area contributed by atoms with E-state index in [9.17, 15) is 15.0 Å². The first-order chi connectivity index (χ1) is 10.5. The van der Waals surface area contributed by atoms with Crippen molar-refractivity contribution in [3.63, 3.8) is 0 Å². The van der Waals surface area contributed by atoms with E-state index in [0.717, 1.165) is 4.90 Å². The monoisotopic (exact) mass is 333 g/mol. The van der Waals surface area contributed by atoms with Crippen molar-refractivity contribution in [2.45, 2.75) is 9.79 Å². The van der Waals surface area contributed by atoms with Gasteiger partial charge in [0.05, 0.1) is 10.9 Å². The molecule has 0 fully saturated rings. The first-order valence-electron chi connectivity index (χ1n) is 6.45. The SMILES string of the molecule is C[S+](c1ccc(O)cc1)c1c([O-])c2cc(Cl)ccc2[nH]c1=O. The van der Waals surface area contributed by atoms with Gasteiger partial charge in [-0.3, -0.25) is 4.79 Å². The van der Waals surface area contributed by atoms with Crippen LogP contribution in [-0.2, 0) is 10.9 Å². The highest BCUT2D eigenvalue weighted by molar-refractivity contribution is 7.96. The van der Waals surface area contributed by atoms with Crippen LogP contribution in [-0.4, -0.2) is 16.3 Å². The van der Waals surface area contributed by atoms with Gasteiger partial charge in [0.25, 0.3) is 0 Å². The Morgan fingerprint density at radius 3 is 2.55 bits per heavy atom. The summed E-state index contributed by atoms with van der Waals surface area (Å²) >= 11 is 5.94. The minimum atomic E-state index is -0.701. The summed E-state index contributed by atoms with van der Waals surface area (Å²) in [6, 6.07) is 11.3. The van der Waals surface area contributed by atoms with E-state index in [4.69, 9.17) is 11.6 Å². The third-order valence-electron chi connectivity index (χ3n) is 3.38. The average Bonchev–Trinajstić information content (AvgIpc) is 2.49. The number of benzene rings is 2. The molecule has 0 aliphatic carbocycles. The minimum Gasteiger partial charge on any atom is -0.868 e. The molecule has 2 N–H and O–H groups in total. The fraction of sp³-hybridized carbons (Fsp3) is 0.0625. The number of hydrogen-bond donors (Lipinski definition) is 2. The Hall–Kier alpha value is -2.11. The van der Waals surface area contributed by atoms with Gasteiger partial charge >= 0.3 is 5.56 Å². The summed E-state index contributed by atoms with van der Waals surface area (Å²) in [6.45, 7) is 0. The largest absolute Gasteiger partial charge is 0.868 e. The third kappa shape index (κ3) is 2.53. The van der Waals surface area contributed by atoms with E-state index in [0.29, 0.717) is 15.9 Å². The summed E-state index contributed by atoms with van der Waals surface area (Å²) in [5.74, 6) is -0.164. The molecule has 0 aliphatic heterocycles. The maximum atomic E-state index is 12.7. The van der Waals surface area contributed by atoms with Crippen molar-refractivity contribution in [3.05, 3.63) is 57.8 Å². The van der Waals surface area contributed by atoms with E-state index in [1.165, 1.54) is 12.1 Å². The predicted octanol–water partition coefficient (Wildman–Crippen LogP) is 2.63. The van der Waals surface area contributed by atoms with Crippen LogP contribution >= 0.6 is 11.6 Å². The van der Waals surface area contributed by atoms with Crippen LogP contribution in [0.25, 0.3) is 10.9 Å². The molecule has 6 heteroatoms. The lowest BCUT2D eigenvalue weighted by molar-refractivity contribution is -0.270. The number of H-pyrrole nitrogens is 1. The van der Waals surface area contributed by atoms with Crippen LogP contribution in [0.3, 0.4) is 0 Å². The first kappa shape index (κ1) is 14.8. The molecule has 2 aromatic carbocycles. The molecule has 112 valence electrons. The number of nitrogens with one attached hydrogen (secondary N) is 1. The van der Waals surface area contributed by atoms with E-state index in [1.54, 1.807) is 30.3 Å². The number of fused-ring (bicyclic) bond motifs is 1. The van der Waals surface area contributed by atoms with Crippen molar-refractivity contribution < 1.29 is 10.2 Å². The molecule has 1 aromatic heterocycles. The van der Waals surface area contributed by atoms with Gasteiger partial charge in [-0.1, -0.05) is 11.6 Å². The lowest BCUT2D eigenvalue weighted by Crippen LogP contribution is -2.20. The Bertz CT molecular complexity index is 906. The smallest absolute Gasteiger partial charge is 0.303 e. The third-order valence-corrected chi connectivity index (χ3v) is 5.58. The average molecular weight is 334 g/mol. The summed E-state index contributed by atoms with van der Waals surface area (Å²) in [6.07, 6.45) is 1.81. The Morgan fingerprint density at radius 2 is 1.86 bits per heavy atom. The van der Waals surface area contributed by atoms with Crippen LogP contribution in [0.1, 0.15) is 0 Å². The topological polar surface area (TPSA) is 76.2 Å². The van der Waals surface area contributed by atoms with Crippen LogP contribution in [0.2, 0.25) is 5.02 Å². The molecule has 4 nitrogen and oxygen atoms in total. The highest BCUT2D eigenvalue weighted by Gasteiger charge is 2.25. The lowest BCUT2D eigenvalue weighted by Gasteiger charge is -2.14. The quantitative estimate of drug-likeness (QED) is 0.708. The highest BCUT2D eigenvalue weighted by atomic mass is 35.5. The number of aromatic amines is 1. The molecule has 0 aliphatic rings. The second-order valence-electron chi connectivity index (χ2n) is 4.81. The Kier molecular flexibility index (Phi) is 3.76. The van der Waals surface area contributed by atoms with Gasteiger partial charge in [0.2, 0.25) is 4.90 Å². The molecule has 0 saturated heterocycles. The van der Waals surface area contributed by atoms with Crippen molar-refractivity contribution in [2.75, 3.05) is 6.26 Å². The van der Waals surface area contributed by atoms with Gasteiger partial charge in [-0.2, -0.15) is 0 Å². The number of rotatable bonds is 2. The Labute approximate surface area is 134 Å². The first-order valence-corrected chi connectivity index (χ1v) is 8.46. The molecule has 1 unspecified atom stereocenters. The van der Waals surface area contributed by atoms with E-state index in [1.807, 2.05) is 6.26 Å². The fourth-order valence-corrected chi connectivity index (χ4v) is 3.93. The molecule has 1 heterocycles. The summed E-state index contributed by atoms with van der Waals surface area (Å²) in [5.41, 5.74) is 0.0876. The Morgan fingerprint density at radius 1 is 1.18 bits per heavy atom. The zero-order valence-electron chi connectivity index (χ0n) is 11.6. The van der Waals surface area contributed by atoms with Crippen molar-refractivity contribution in [1.29, 1.82) is 0 Å². The van der Waals surface area contributed by atoms with Gasteiger partial charge in [-0.15, -0.1) is 0 Å². The summed E-state index contributed by atoms with van der Waals surface area (Å²) < 4.78 is 0. The minimum absolute atomic E-state index is 0.141. The van der Waals surface area contributed by atoms with E-state index < -0.39 is 16.5 Å². The summed E-state index contributed by atoms with van der Waals surface area (Å²) in [4.78, 5) is 16.0. The van der Waals surface area contributed by atoms with Gasteiger partial charge in [-0.05, 0) is 53.6 Å². The van der Waals surface area contributed by atoms with Crippen molar-refractivity contribution in [3.8, 4) is 11.5 Å². The van der Waals surface area contributed by atoms with E-state index in [2.05, 4.69) is 4.98 Å². The van der Waals surface area contributed by atoms with Gasteiger partial charge in [0, 0.05) is 10.5 Å². The number of aromatic nitrogens is 1. The van der Waals surface area contributed by atoms with Gasteiger partial charge < -0.3 is 15.2 Å². The van der Waals surface area contributed by atoms with Gasteiger partial charge in [-0.25, -0.2) is 0 Å². The van der Waals surface area contributed by atoms with Crippen LogP contribution < -0.4 is 10.7 Å². The number of phenolic OH excluding ortho intramolecular Hbond substituents is 1. The summed E-state index contributed by atoms with van der Waals surface area (Å²) in [5, 5.41) is 22.9. The molecule has 0 saturated carbocycles. The molecule has 22 heavy (non-hydrogen) atoms. The lowest BCUT2D eigenvalue weighted by atomic mass is 10.2. The van der Waals surface area contributed by atoms with Crippen LogP contribution in [0.15, 0.2) is 57.1 Å². The zero-order chi connectivity index (χ0) is 15.9. The van der Waals surface area contributed by atoms with Gasteiger partial charge in [0.15, 0.2) is 4.90 Å². The van der Waals surface area contributed by atoms with Gasteiger partial charge in [0.1, 0.15) is 12.0 Å². The van der Waals surface area contributed by atoms with Crippen molar-refractivity contribution in [1.82, 2.24) is 4.98 Å². The molecule has 0 radical (unpaired) electrons. The Balaban J connectivity index is 2.21. The maximum Gasteiger partial charge on any atom is 0.303 e. The van der Waals surface area contributed by atoms with Crippen molar-refractivity contribution >= 4 is 33.4 Å². The molecule has 0 amide bonds. The number of halogens is 1. The predicted molar refractivity (Wildman–Crippen MR) is 87.0 cm³/mol.